The Bertz CT molecular complexity index is 751. The van der Waals surface area contributed by atoms with Crippen molar-refractivity contribution in [3.05, 3.63) is 58.9 Å². The van der Waals surface area contributed by atoms with Gasteiger partial charge in [0.2, 0.25) is 0 Å². The second kappa shape index (κ2) is 6.26. The fraction of sp³-hybridized carbons (Fsp3) is 0.294. The van der Waals surface area contributed by atoms with Gasteiger partial charge in [-0.2, -0.15) is 0 Å². The van der Waals surface area contributed by atoms with Crippen LogP contribution in [-0.4, -0.2) is 33.0 Å². The zero-order valence-corrected chi connectivity index (χ0v) is 13.0. The number of benzene rings is 1. The molecule has 2 amide bonds. The van der Waals surface area contributed by atoms with E-state index in [0.29, 0.717) is 24.3 Å². The minimum Gasteiger partial charge on any atom is -0.347 e. The third kappa shape index (κ3) is 2.98. The van der Waals surface area contributed by atoms with Crippen LogP contribution in [0.2, 0.25) is 0 Å². The van der Waals surface area contributed by atoms with E-state index in [1.54, 1.807) is 17.6 Å². The maximum Gasteiger partial charge on any atom is 0.274 e. The van der Waals surface area contributed by atoms with Crippen LogP contribution in [0.5, 0.6) is 0 Å². The molecule has 1 aliphatic heterocycles. The van der Waals surface area contributed by atoms with Crippen molar-refractivity contribution in [2.75, 3.05) is 6.54 Å². The zero-order valence-electron chi connectivity index (χ0n) is 13.0. The predicted octanol–water partition coefficient (Wildman–Crippen LogP) is 1.73. The first-order valence-electron chi connectivity index (χ1n) is 7.57. The molecule has 0 aliphatic carbocycles. The van der Waals surface area contributed by atoms with Crippen molar-refractivity contribution in [1.29, 1.82) is 0 Å². The van der Waals surface area contributed by atoms with Gasteiger partial charge in [-0.15, -0.1) is 0 Å². The highest BCUT2D eigenvalue weighted by molar-refractivity contribution is 5.94. The first-order valence-corrected chi connectivity index (χ1v) is 7.57. The Kier molecular flexibility index (Phi) is 4.16. The Balaban J connectivity index is 1.85. The first kappa shape index (κ1) is 15.3. The molecule has 0 fully saturated rings. The van der Waals surface area contributed by atoms with Gasteiger partial charge in [0.15, 0.2) is 0 Å². The molecule has 6 nitrogen and oxygen atoms in total. The quantitative estimate of drug-likeness (QED) is 0.655. The Morgan fingerprint density at radius 3 is 2.74 bits per heavy atom. The Morgan fingerprint density at radius 1 is 1.22 bits per heavy atom. The largest absolute Gasteiger partial charge is 0.347 e. The van der Waals surface area contributed by atoms with Gasteiger partial charge in [0.1, 0.15) is 5.69 Å². The molecule has 1 aromatic heterocycles. The monoisotopic (exact) mass is 313 g/mol. The van der Waals surface area contributed by atoms with Crippen LogP contribution in [-0.2, 0) is 20.0 Å². The maximum absolute atomic E-state index is 12.7. The average molecular weight is 313 g/mol. The van der Waals surface area contributed by atoms with Crippen LogP contribution < -0.4 is 5.48 Å². The van der Waals surface area contributed by atoms with Crippen LogP contribution in [0.25, 0.3) is 0 Å². The standard InChI is InChI=1S/C17H19N3O3/c1-19-8-3-5-15(19)17(22)20-9-2-4-12-10-13(16(21)18-23)6-7-14(12)11-20/h3,5-8,10,23H,2,4,9,11H2,1H3,(H,18,21). The Morgan fingerprint density at radius 2 is 2.04 bits per heavy atom. The number of hydrogen-bond acceptors (Lipinski definition) is 3. The molecule has 0 bridgehead atoms. The smallest absolute Gasteiger partial charge is 0.274 e. The number of hydroxylamine groups is 1. The lowest BCUT2D eigenvalue weighted by Crippen LogP contribution is -2.31. The normalized spacial score (nSPS) is 14.1. The van der Waals surface area contributed by atoms with Gasteiger partial charge in [-0.3, -0.25) is 14.8 Å². The third-order valence-electron chi connectivity index (χ3n) is 4.26. The number of fused-ring (bicyclic) bond motifs is 1. The summed E-state index contributed by atoms with van der Waals surface area (Å²) in [5.41, 5.74) is 4.84. The number of carbonyl (C=O) groups excluding carboxylic acids is 2. The minimum atomic E-state index is -0.520. The summed E-state index contributed by atoms with van der Waals surface area (Å²) >= 11 is 0. The molecule has 23 heavy (non-hydrogen) atoms. The lowest BCUT2D eigenvalue weighted by atomic mass is 10.0. The van der Waals surface area contributed by atoms with Gasteiger partial charge >= 0.3 is 0 Å². The van der Waals surface area contributed by atoms with Gasteiger partial charge in [-0.25, -0.2) is 5.48 Å². The molecule has 120 valence electrons. The van der Waals surface area contributed by atoms with E-state index in [1.165, 1.54) is 0 Å². The minimum absolute atomic E-state index is 0.0162. The molecule has 2 aromatic rings. The number of aryl methyl sites for hydroxylation is 2. The number of aromatic nitrogens is 1. The molecule has 2 N–H and O–H groups in total. The summed E-state index contributed by atoms with van der Waals surface area (Å²) in [7, 11) is 1.86. The molecule has 0 radical (unpaired) electrons. The van der Waals surface area contributed by atoms with Gasteiger partial charge in [-0.05, 0) is 48.2 Å². The van der Waals surface area contributed by atoms with Crippen molar-refractivity contribution in [2.45, 2.75) is 19.4 Å². The van der Waals surface area contributed by atoms with E-state index in [1.807, 2.05) is 40.9 Å². The summed E-state index contributed by atoms with van der Waals surface area (Å²) in [5.74, 6) is -0.503. The number of rotatable bonds is 2. The lowest BCUT2D eigenvalue weighted by Gasteiger charge is -2.21. The second-order valence-corrected chi connectivity index (χ2v) is 5.76. The maximum atomic E-state index is 12.7. The highest BCUT2D eigenvalue weighted by atomic mass is 16.5. The van der Waals surface area contributed by atoms with Crippen molar-refractivity contribution < 1.29 is 14.8 Å². The molecular formula is C17H19N3O3. The average Bonchev–Trinajstić information content (AvgIpc) is 2.87. The number of carbonyl (C=O) groups is 2. The van der Waals surface area contributed by atoms with Gasteiger partial charge < -0.3 is 9.47 Å². The summed E-state index contributed by atoms with van der Waals surface area (Å²) in [6, 6.07) is 9.00. The Labute approximate surface area is 134 Å². The fourth-order valence-electron chi connectivity index (χ4n) is 2.98. The highest BCUT2D eigenvalue weighted by Crippen LogP contribution is 2.21. The van der Waals surface area contributed by atoms with Crippen LogP contribution in [0.15, 0.2) is 36.5 Å². The van der Waals surface area contributed by atoms with Gasteiger partial charge in [-0.1, -0.05) is 6.07 Å². The van der Waals surface area contributed by atoms with E-state index < -0.39 is 5.91 Å². The molecular weight excluding hydrogens is 294 g/mol. The summed E-state index contributed by atoms with van der Waals surface area (Å²) < 4.78 is 1.82. The summed E-state index contributed by atoms with van der Waals surface area (Å²) in [5, 5.41) is 8.74. The summed E-state index contributed by atoms with van der Waals surface area (Å²) in [6.07, 6.45) is 3.50. The Hall–Kier alpha value is -2.60. The highest BCUT2D eigenvalue weighted by Gasteiger charge is 2.22. The molecule has 0 spiro atoms. The van der Waals surface area contributed by atoms with E-state index in [4.69, 9.17) is 5.21 Å². The second-order valence-electron chi connectivity index (χ2n) is 5.76. The summed E-state index contributed by atoms with van der Waals surface area (Å²) in [4.78, 5) is 26.0. The predicted molar refractivity (Wildman–Crippen MR) is 84.2 cm³/mol. The number of amides is 2. The number of nitrogens with one attached hydrogen (secondary N) is 1. The van der Waals surface area contributed by atoms with E-state index in [-0.39, 0.29) is 5.91 Å². The molecule has 1 aliphatic rings. The van der Waals surface area contributed by atoms with Gasteiger partial charge in [0.25, 0.3) is 11.8 Å². The van der Waals surface area contributed by atoms with E-state index in [9.17, 15) is 9.59 Å². The fourth-order valence-corrected chi connectivity index (χ4v) is 2.98. The first-order chi connectivity index (χ1) is 11.1. The third-order valence-corrected chi connectivity index (χ3v) is 4.26. The molecule has 0 saturated carbocycles. The van der Waals surface area contributed by atoms with Crippen molar-refractivity contribution in [3.63, 3.8) is 0 Å². The molecule has 2 heterocycles. The van der Waals surface area contributed by atoms with Crippen LogP contribution in [0.3, 0.4) is 0 Å². The van der Waals surface area contributed by atoms with E-state index >= 15 is 0 Å². The molecule has 6 heteroatoms. The van der Waals surface area contributed by atoms with Crippen molar-refractivity contribution in [3.8, 4) is 0 Å². The number of hydrogen-bond donors (Lipinski definition) is 2. The lowest BCUT2D eigenvalue weighted by molar-refractivity contribution is 0.0704. The SMILES string of the molecule is Cn1cccc1C(=O)N1CCCc2cc(C(=O)NO)ccc2C1. The zero-order chi connectivity index (χ0) is 16.4. The van der Waals surface area contributed by atoms with Crippen LogP contribution >= 0.6 is 0 Å². The topological polar surface area (TPSA) is 74.6 Å². The van der Waals surface area contributed by atoms with Crippen molar-refractivity contribution >= 4 is 11.8 Å². The van der Waals surface area contributed by atoms with Crippen molar-refractivity contribution in [2.24, 2.45) is 7.05 Å². The van der Waals surface area contributed by atoms with Gasteiger partial charge in [0.05, 0.1) is 0 Å². The molecule has 0 unspecified atom stereocenters. The van der Waals surface area contributed by atoms with E-state index in [2.05, 4.69) is 0 Å². The van der Waals surface area contributed by atoms with Crippen LogP contribution in [0, 0.1) is 0 Å². The molecule has 1 aromatic carbocycles. The number of nitrogens with zero attached hydrogens (tertiary/aromatic N) is 2. The summed E-state index contributed by atoms with van der Waals surface area (Å²) in [6.45, 7) is 1.21. The molecule has 0 atom stereocenters. The molecule has 0 saturated heterocycles. The molecule has 3 rings (SSSR count). The van der Waals surface area contributed by atoms with Crippen LogP contribution in [0.1, 0.15) is 38.4 Å². The van der Waals surface area contributed by atoms with E-state index in [0.717, 1.165) is 24.0 Å². The van der Waals surface area contributed by atoms with Gasteiger partial charge in [0, 0.05) is 31.9 Å². The van der Waals surface area contributed by atoms with Crippen LogP contribution in [0.4, 0.5) is 0 Å². The van der Waals surface area contributed by atoms with Crippen molar-refractivity contribution in [1.82, 2.24) is 14.9 Å².